The summed E-state index contributed by atoms with van der Waals surface area (Å²) in [6.07, 6.45) is 0. The van der Waals surface area contributed by atoms with Crippen LogP contribution in [0, 0.1) is 0 Å². The van der Waals surface area contributed by atoms with Crippen LogP contribution in [-0.2, 0) is 0 Å². The fraction of sp³-hybridized carbons (Fsp3) is 0. The van der Waals surface area contributed by atoms with Gasteiger partial charge in [-0.15, -0.1) is 0 Å². The first kappa shape index (κ1) is 40.7. The predicted molar refractivity (Wildman–Crippen MR) is 324 cm³/mol. The van der Waals surface area contributed by atoms with E-state index in [1.807, 2.05) is 18.2 Å². The van der Waals surface area contributed by atoms with Gasteiger partial charge in [-0.25, -0.2) is 0 Å². The lowest BCUT2D eigenvalue weighted by molar-refractivity contribution is 1.13. The smallest absolute Gasteiger partial charge is 0.179 e. The van der Waals surface area contributed by atoms with E-state index in [1.165, 1.54) is 31.5 Å². The Hall–Kier alpha value is -9.74. The van der Waals surface area contributed by atoms with Gasteiger partial charge in [0.2, 0.25) is 0 Å². The van der Waals surface area contributed by atoms with E-state index in [0.717, 1.165) is 77.0 Å². The van der Waals surface area contributed by atoms with Crippen molar-refractivity contribution in [3.05, 3.63) is 297 Å². The molecule has 15 rings (SSSR count). The number of rotatable bonds is 9. The van der Waals surface area contributed by atoms with Crippen LogP contribution in [-0.4, -0.2) is 21.8 Å². The highest BCUT2D eigenvalue weighted by Gasteiger charge is 2.41. The second-order valence-electron chi connectivity index (χ2n) is 19.7. The van der Waals surface area contributed by atoms with Crippen LogP contribution in [0.4, 0.5) is 0 Å². The lowest BCUT2D eigenvalue weighted by Gasteiger charge is -2.34. The Morgan fingerprint density at radius 3 is 1.03 bits per heavy atom. The average Bonchev–Trinajstić information content (AvgIpc) is 4.24. The quantitative estimate of drug-likeness (QED) is 0.101. The molecule has 0 aliphatic carbocycles. The first-order valence-corrected chi connectivity index (χ1v) is 28.0. The molecule has 15 aromatic rings. The molecule has 76 heavy (non-hydrogen) atoms. The maximum absolute atomic E-state index is 10.7. The summed E-state index contributed by atoms with van der Waals surface area (Å²) in [7, 11) is -2.91. The number of nitrogens with zero attached hydrogens (tertiary/aromatic N) is 3. The Balaban J connectivity index is 1.01. The summed E-state index contributed by atoms with van der Waals surface area (Å²) in [6.45, 7) is 0. The Bertz CT molecular complexity index is 4700. The first-order chi connectivity index (χ1) is 39.0. The third kappa shape index (κ3) is 6.81. The van der Waals surface area contributed by atoms with E-state index in [9.17, 15) is 4.11 Å². The van der Waals surface area contributed by atoms with Crippen LogP contribution in [0.3, 0.4) is 0 Å². The Labute approximate surface area is 446 Å². The molecule has 0 radical (unpaired) electrons. The summed E-state index contributed by atoms with van der Waals surface area (Å²) in [5.74, 6) is 0. The minimum absolute atomic E-state index is 0.0999. The molecule has 0 saturated heterocycles. The van der Waals surface area contributed by atoms with E-state index < -0.39 is 8.07 Å². The van der Waals surface area contributed by atoms with Crippen LogP contribution in [0.5, 0.6) is 0 Å². The molecular formula is C72H49N3Si. The molecule has 356 valence electrons. The van der Waals surface area contributed by atoms with Gasteiger partial charge in [0.1, 0.15) is 0 Å². The lowest BCUT2D eigenvalue weighted by Crippen LogP contribution is -2.74. The van der Waals surface area contributed by atoms with Gasteiger partial charge in [0.15, 0.2) is 8.07 Å². The number of para-hydroxylation sites is 4. The van der Waals surface area contributed by atoms with E-state index >= 15 is 0 Å². The molecule has 0 aliphatic heterocycles. The summed E-state index contributed by atoms with van der Waals surface area (Å²) in [5, 5.41) is 11.4. The van der Waals surface area contributed by atoms with Gasteiger partial charge in [-0.05, 0) is 116 Å². The van der Waals surface area contributed by atoms with E-state index in [0.29, 0.717) is 16.9 Å². The van der Waals surface area contributed by atoms with E-state index in [4.69, 9.17) is 0 Å². The molecule has 0 unspecified atom stereocenters. The van der Waals surface area contributed by atoms with Crippen molar-refractivity contribution >= 4 is 94.2 Å². The van der Waals surface area contributed by atoms with E-state index in [2.05, 4.69) is 275 Å². The Kier molecular flexibility index (Phi) is 9.50. The molecular weight excluding hydrogens is 935 g/mol. The van der Waals surface area contributed by atoms with E-state index in [1.54, 1.807) is 0 Å². The van der Waals surface area contributed by atoms with Gasteiger partial charge in [0, 0.05) is 49.4 Å². The van der Waals surface area contributed by atoms with Crippen molar-refractivity contribution in [2.45, 2.75) is 0 Å². The van der Waals surface area contributed by atoms with Crippen LogP contribution < -0.4 is 20.7 Å². The summed E-state index contributed by atoms with van der Waals surface area (Å²) < 4.78 is 38.4. The average molecular weight is 987 g/mol. The van der Waals surface area contributed by atoms with Crippen molar-refractivity contribution in [3.8, 4) is 39.3 Å². The second kappa shape index (κ2) is 17.7. The Morgan fingerprint density at radius 1 is 0.224 bits per heavy atom. The van der Waals surface area contributed by atoms with Crippen molar-refractivity contribution in [2.75, 3.05) is 0 Å². The third-order valence-electron chi connectivity index (χ3n) is 15.7. The molecule has 0 N–H and O–H groups in total. The third-order valence-corrected chi connectivity index (χ3v) is 20.5. The number of hydrogen-bond donors (Lipinski definition) is 0. The fourth-order valence-corrected chi connectivity index (χ4v) is 17.1. The molecule has 0 bridgehead atoms. The molecule has 3 nitrogen and oxygen atoms in total. The van der Waals surface area contributed by atoms with Crippen molar-refractivity contribution in [1.29, 1.82) is 0 Å². The molecule has 0 saturated carbocycles. The van der Waals surface area contributed by atoms with Gasteiger partial charge in [-0.2, -0.15) is 0 Å². The van der Waals surface area contributed by atoms with Crippen LogP contribution >= 0.6 is 0 Å². The molecule has 3 aromatic heterocycles. The number of hydrogen-bond acceptors (Lipinski definition) is 0. The molecule has 3 heterocycles. The van der Waals surface area contributed by atoms with Crippen LogP contribution in [0.2, 0.25) is 0 Å². The number of fused-ring (bicyclic) bond motifs is 9. The summed E-state index contributed by atoms with van der Waals surface area (Å²) in [4.78, 5) is 0. The monoisotopic (exact) mass is 986 g/mol. The van der Waals surface area contributed by atoms with Crippen molar-refractivity contribution in [3.63, 3.8) is 0 Å². The summed E-state index contributed by atoms with van der Waals surface area (Å²) in [6, 6.07) is 99.1. The Morgan fingerprint density at radius 2 is 0.553 bits per heavy atom. The lowest BCUT2D eigenvalue weighted by atomic mass is 10.0. The molecule has 0 spiro atoms. The van der Waals surface area contributed by atoms with Crippen LogP contribution in [0.1, 0.15) is 4.11 Å². The summed E-state index contributed by atoms with van der Waals surface area (Å²) in [5.41, 5.74) is 11.0. The van der Waals surface area contributed by atoms with Crippen molar-refractivity contribution < 1.29 is 4.11 Å². The molecule has 0 fully saturated rings. The number of benzene rings is 12. The maximum atomic E-state index is 10.7. The van der Waals surface area contributed by atoms with Crippen molar-refractivity contribution in [1.82, 2.24) is 13.7 Å². The SMILES string of the molecule is [2H]c1c(-c2ccc([Si](c3ccccc3)(c3ccccc3)c3ccccc3)cc2)c([2H])c(-n2c3ccccc3c3cc(-n4c5ccccc5c5ccccc54)ccc32)c([2H])c1-n1c2ccccc2c2cc(-c3ccccc3)ccc21. The largest absolute Gasteiger partial charge is 0.309 e. The topological polar surface area (TPSA) is 14.8 Å². The van der Waals surface area contributed by atoms with Gasteiger partial charge in [0.05, 0.1) is 37.2 Å². The first-order valence-electron chi connectivity index (χ1n) is 27.5. The van der Waals surface area contributed by atoms with Crippen LogP contribution in [0.15, 0.2) is 297 Å². The maximum Gasteiger partial charge on any atom is 0.179 e. The molecule has 0 amide bonds. The zero-order valence-electron chi connectivity index (χ0n) is 44.4. The highest BCUT2D eigenvalue weighted by atomic mass is 28.3. The highest BCUT2D eigenvalue weighted by molar-refractivity contribution is 7.19. The fourth-order valence-electron chi connectivity index (χ4n) is 12.3. The minimum Gasteiger partial charge on any atom is -0.309 e. The van der Waals surface area contributed by atoms with Crippen molar-refractivity contribution in [2.24, 2.45) is 0 Å². The molecule has 0 aliphatic rings. The van der Waals surface area contributed by atoms with E-state index in [-0.39, 0.29) is 18.1 Å². The molecule has 12 aromatic carbocycles. The van der Waals surface area contributed by atoms with Gasteiger partial charge < -0.3 is 13.7 Å². The zero-order chi connectivity index (χ0) is 52.8. The normalized spacial score (nSPS) is 12.5. The number of aromatic nitrogens is 3. The standard InChI is InChI=1S/C72H49N3Si/c1-5-21-50(22-6-1)52-39-43-71-65(47-52)63-31-15-19-35-69(63)74(71)55-45-53(51-37-41-60(42-38-51)76(57-23-7-2-8-24-57,58-25-9-3-10-26-58)59-27-11-4-12-28-59)46-56(48-55)75-70-36-20-16-32-64(70)66-49-54(40-44-72(66)75)73-67-33-17-13-29-61(67)62-30-14-18-34-68(62)73/h1-49H/i45D,46D,48D. The minimum atomic E-state index is -2.91. The highest BCUT2D eigenvalue weighted by Crippen LogP contribution is 2.41. The molecule has 0 atom stereocenters. The zero-order valence-corrected chi connectivity index (χ0v) is 42.4. The second-order valence-corrected chi connectivity index (χ2v) is 23.6. The summed E-state index contributed by atoms with van der Waals surface area (Å²) >= 11 is 0. The van der Waals surface area contributed by atoms with Gasteiger partial charge in [0.25, 0.3) is 0 Å². The van der Waals surface area contributed by atoms with Gasteiger partial charge in [-0.3, -0.25) is 0 Å². The molecule has 4 heteroatoms. The van der Waals surface area contributed by atoms with Crippen LogP contribution in [0.25, 0.3) is 105 Å². The predicted octanol–water partition coefficient (Wildman–Crippen LogP) is 15.7. The van der Waals surface area contributed by atoms with Gasteiger partial charge in [-0.1, -0.05) is 224 Å². The van der Waals surface area contributed by atoms with Gasteiger partial charge >= 0.3 is 0 Å².